The second-order valence-corrected chi connectivity index (χ2v) is 3.91. The van der Waals surface area contributed by atoms with Crippen molar-refractivity contribution < 1.29 is 14.2 Å². The van der Waals surface area contributed by atoms with Gasteiger partial charge in [0, 0.05) is 11.4 Å². The third kappa shape index (κ3) is 3.11. The molecule has 2 rings (SSSR count). The van der Waals surface area contributed by atoms with E-state index in [2.05, 4.69) is 0 Å². The molecule has 1 fully saturated rings. The quantitative estimate of drug-likeness (QED) is 0.587. The maximum absolute atomic E-state index is 5.57. The van der Waals surface area contributed by atoms with Gasteiger partial charge in [-0.05, 0) is 18.6 Å². The second-order valence-electron chi connectivity index (χ2n) is 3.53. The molecule has 0 amide bonds. The highest BCUT2D eigenvalue weighted by atomic mass is 35.5. The average Bonchev–Trinajstić information content (AvgIpc) is 2.84. The first kappa shape index (κ1) is 11.7. The summed E-state index contributed by atoms with van der Waals surface area (Å²) in [5.74, 6) is 1.48. The van der Waals surface area contributed by atoms with Gasteiger partial charge < -0.3 is 14.2 Å². The summed E-state index contributed by atoms with van der Waals surface area (Å²) in [6.07, 6.45) is 0.648. The van der Waals surface area contributed by atoms with Gasteiger partial charge in [0.05, 0.1) is 19.8 Å². The minimum absolute atomic E-state index is 0.211. The minimum atomic E-state index is -0.211. The predicted molar refractivity (Wildman–Crippen MR) is 61.9 cm³/mol. The second kappa shape index (κ2) is 6.09. The van der Waals surface area contributed by atoms with E-state index >= 15 is 0 Å². The van der Waals surface area contributed by atoms with E-state index in [1.807, 2.05) is 24.3 Å². The summed E-state index contributed by atoms with van der Waals surface area (Å²) < 4.78 is 16.3. The molecule has 1 aliphatic heterocycles. The minimum Gasteiger partial charge on any atom is -0.494 e. The lowest BCUT2D eigenvalue weighted by molar-refractivity contribution is -0.0441. The zero-order chi connectivity index (χ0) is 11.2. The molecule has 0 spiro atoms. The van der Waals surface area contributed by atoms with E-state index in [1.54, 1.807) is 0 Å². The van der Waals surface area contributed by atoms with Gasteiger partial charge in [0.25, 0.3) is 0 Å². The van der Waals surface area contributed by atoms with E-state index in [0.29, 0.717) is 25.7 Å². The summed E-state index contributed by atoms with van der Waals surface area (Å²) >= 11 is 5.57. The van der Waals surface area contributed by atoms with Crippen LogP contribution < -0.4 is 4.74 Å². The molecule has 4 heteroatoms. The van der Waals surface area contributed by atoms with Crippen LogP contribution in [0, 0.1) is 0 Å². The van der Waals surface area contributed by atoms with Crippen molar-refractivity contribution in [2.75, 3.05) is 25.7 Å². The van der Waals surface area contributed by atoms with E-state index < -0.39 is 0 Å². The smallest absolute Gasteiger partial charge is 0.184 e. The lowest BCUT2D eigenvalue weighted by Gasteiger charge is -2.10. The molecule has 88 valence electrons. The van der Waals surface area contributed by atoms with Crippen molar-refractivity contribution in [3.05, 3.63) is 29.8 Å². The van der Waals surface area contributed by atoms with Crippen molar-refractivity contribution in [1.82, 2.24) is 0 Å². The molecule has 0 atom stereocenters. The molecule has 0 bridgehead atoms. The normalized spacial score (nSPS) is 16.6. The first-order chi connectivity index (χ1) is 7.90. The largest absolute Gasteiger partial charge is 0.494 e. The van der Waals surface area contributed by atoms with Crippen molar-refractivity contribution in [2.45, 2.75) is 12.7 Å². The van der Waals surface area contributed by atoms with Gasteiger partial charge in [0.2, 0.25) is 0 Å². The maximum atomic E-state index is 5.57. The van der Waals surface area contributed by atoms with E-state index in [1.165, 1.54) is 0 Å². The molecule has 0 aliphatic carbocycles. The van der Waals surface area contributed by atoms with E-state index in [4.69, 9.17) is 25.8 Å². The number of ether oxygens (including phenoxy) is 3. The van der Waals surface area contributed by atoms with E-state index in [-0.39, 0.29) is 6.29 Å². The number of hydrogen-bond donors (Lipinski definition) is 0. The Morgan fingerprint density at radius 1 is 1.19 bits per heavy atom. The molecule has 1 aliphatic rings. The highest BCUT2D eigenvalue weighted by Gasteiger charge is 2.17. The van der Waals surface area contributed by atoms with Crippen LogP contribution in [0.15, 0.2) is 24.3 Å². The van der Waals surface area contributed by atoms with Crippen LogP contribution in [0.2, 0.25) is 0 Å². The van der Waals surface area contributed by atoms with Crippen LogP contribution >= 0.6 is 11.6 Å². The van der Waals surface area contributed by atoms with Crippen LogP contribution in [0.1, 0.15) is 18.3 Å². The highest BCUT2D eigenvalue weighted by Crippen LogP contribution is 2.24. The Hall–Kier alpha value is -0.770. The monoisotopic (exact) mass is 242 g/mol. The topological polar surface area (TPSA) is 27.7 Å². The van der Waals surface area contributed by atoms with Gasteiger partial charge in [-0.2, -0.15) is 0 Å². The maximum Gasteiger partial charge on any atom is 0.184 e. The van der Waals surface area contributed by atoms with E-state index in [0.717, 1.165) is 17.7 Å². The first-order valence-corrected chi connectivity index (χ1v) is 5.95. The van der Waals surface area contributed by atoms with Gasteiger partial charge in [-0.25, -0.2) is 0 Å². The summed E-state index contributed by atoms with van der Waals surface area (Å²) in [7, 11) is 0. The van der Waals surface area contributed by atoms with Crippen molar-refractivity contribution in [1.29, 1.82) is 0 Å². The van der Waals surface area contributed by atoms with Crippen LogP contribution in [-0.2, 0) is 9.47 Å². The lowest BCUT2D eigenvalue weighted by Crippen LogP contribution is -2.00. The first-order valence-electron chi connectivity index (χ1n) is 5.42. The number of rotatable bonds is 5. The van der Waals surface area contributed by atoms with Crippen molar-refractivity contribution in [3.63, 3.8) is 0 Å². The Bertz CT molecular complexity index is 307. The lowest BCUT2D eigenvalue weighted by atomic mass is 10.2. The van der Waals surface area contributed by atoms with Crippen molar-refractivity contribution in [2.24, 2.45) is 0 Å². The number of benzene rings is 1. The van der Waals surface area contributed by atoms with Crippen LogP contribution in [0.3, 0.4) is 0 Å². The molecule has 1 heterocycles. The molecule has 1 aromatic carbocycles. The fourth-order valence-corrected chi connectivity index (χ4v) is 1.63. The van der Waals surface area contributed by atoms with Gasteiger partial charge in [-0.15, -0.1) is 11.6 Å². The fourth-order valence-electron chi connectivity index (χ4n) is 1.52. The third-order valence-corrected chi connectivity index (χ3v) is 2.59. The molecular weight excluding hydrogens is 228 g/mol. The van der Waals surface area contributed by atoms with Gasteiger partial charge in [-0.1, -0.05) is 12.1 Å². The average molecular weight is 243 g/mol. The predicted octanol–water partition coefficient (Wildman–Crippen LogP) is 2.74. The molecule has 16 heavy (non-hydrogen) atoms. The Labute approximate surface area is 100 Å². The zero-order valence-corrected chi connectivity index (χ0v) is 9.78. The molecule has 0 unspecified atom stereocenters. The highest BCUT2D eigenvalue weighted by molar-refractivity contribution is 6.17. The van der Waals surface area contributed by atoms with Crippen molar-refractivity contribution in [3.8, 4) is 5.75 Å². The Kier molecular flexibility index (Phi) is 4.45. The van der Waals surface area contributed by atoms with Gasteiger partial charge in [0.1, 0.15) is 5.75 Å². The summed E-state index contributed by atoms with van der Waals surface area (Å²) in [5.41, 5.74) is 1.03. The molecule has 0 aromatic heterocycles. The fraction of sp³-hybridized carbons (Fsp3) is 0.500. The summed E-state index contributed by atoms with van der Waals surface area (Å²) in [6.45, 7) is 1.98. The van der Waals surface area contributed by atoms with Crippen LogP contribution in [0.5, 0.6) is 5.75 Å². The van der Waals surface area contributed by atoms with E-state index in [9.17, 15) is 0 Å². The molecule has 1 saturated heterocycles. The molecule has 1 aromatic rings. The van der Waals surface area contributed by atoms with Crippen LogP contribution in [-0.4, -0.2) is 25.7 Å². The van der Waals surface area contributed by atoms with Gasteiger partial charge in [0.15, 0.2) is 6.29 Å². The molecule has 3 nitrogen and oxygen atoms in total. The Morgan fingerprint density at radius 3 is 2.50 bits per heavy atom. The van der Waals surface area contributed by atoms with Crippen molar-refractivity contribution >= 4 is 11.6 Å². The number of alkyl halides is 1. The molecule has 0 radical (unpaired) electrons. The summed E-state index contributed by atoms with van der Waals surface area (Å²) in [6, 6.07) is 7.78. The van der Waals surface area contributed by atoms with Gasteiger partial charge in [-0.3, -0.25) is 0 Å². The van der Waals surface area contributed by atoms with Gasteiger partial charge >= 0.3 is 0 Å². The number of hydrogen-bond acceptors (Lipinski definition) is 3. The SMILES string of the molecule is ClCCCOc1ccc(C2OCCO2)cc1. The van der Waals surface area contributed by atoms with Crippen LogP contribution in [0.25, 0.3) is 0 Å². The van der Waals surface area contributed by atoms with Crippen LogP contribution in [0.4, 0.5) is 0 Å². The molecule has 0 N–H and O–H groups in total. The summed E-state index contributed by atoms with van der Waals surface area (Å²) in [4.78, 5) is 0. The Balaban J connectivity index is 1.88. The molecular formula is C12H15ClO3. The molecule has 0 saturated carbocycles. The third-order valence-electron chi connectivity index (χ3n) is 2.32. The number of halogens is 1. The Morgan fingerprint density at radius 2 is 1.88 bits per heavy atom. The summed E-state index contributed by atoms with van der Waals surface area (Å²) in [5, 5.41) is 0. The standard InChI is InChI=1S/C12H15ClO3/c13-6-1-7-14-11-4-2-10(3-5-11)12-15-8-9-16-12/h2-5,12H,1,6-9H2. The zero-order valence-electron chi connectivity index (χ0n) is 9.02.